The van der Waals surface area contributed by atoms with E-state index in [0.717, 1.165) is 44.1 Å². The SMILES string of the molecule is Cc1nn(C)c(C)c1CN1CCN(C(=S)Nc2cc(Cl)cc(Cl)c2)CC1. The Balaban J connectivity index is 1.55. The van der Waals surface area contributed by atoms with E-state index in [-0.39, 0.29) is 0 Å². The van der Waals surface area contributed by atoms with Crippen molar-refractivity contribution >= 4 is 46.2 Å². The monoisotopic (exact) mass is 411 g/mol. The molecule has 0 unspecified atom stereocenters. The van der Waals surface area contributed by atoms with E-state index in [4.69, 9.17) is 35.4 Å². The van der Waals surface area contributed by atoms with Crippen LogP contribution in [-0.4, -0.2) is 50.9 Å². The van der Waals surface area contributed by atoms with Crippen LogP contribution in [0.15, 0.2) is 18.2 Å². The van der Waals surface area contributed by atoms with E-state index in [2.05, 4.69) is 34.1 Å². The van der Waals surface area contributed by atoms with Gasteiger partial charge in [-0.1, -0.05) is 23.2 Å². The molecular weight excluding hydrogens is 389 g/mol. The van der Waals surface area contributed by atoms with Gasteiger partial charge in [0.05, 0.1) is 5.69 Å². The minimum Gasteiger partial charge on any atom is -0.346 e. The second-order valence-corrected chi connectivity index (χ2v) is 7.88. The fourth-order valence-corrected chi connectivity index (χ4v) is 4.03. The average Bonchev–Trinajstić information content (AvgIpc) is 2.81. The maximum atomic E-state index is 6.05. The number of halogens is 2. The summed E-state index contributed by atoms with van der Waals surface area (Å²) in [7, 11) is 2.00. The van der Waals surface area contributed by atoms with Gasteiger partial charge < -0.3 is 10.2 Å². The zero-order valence-corrected chi connectivity index (χ0v) is 17.5. The molecule has 0 bridgehead atoms. The zero-order valence-electron chi connectivity index (χ0n) is 15.2. The number of piperazine rings is 1. The number of anilines is 1. The highest BCUT2D eigenvalue weighted by molar-refractivity contribution is 7.80. The van der Waals surface area contributed by atoms with Gasteiger partial charge in [0, 0.05) is 66.8 Å². The minimum absolute atomic E-state index is 0.592. The standard InChI is InChI=1S/C18H23Cl2N5S/c1-12-17(13(2)23(3)22-12)11-24-4-6-25(7-5-24)18(26)21-16-9-14(19)8-15(20)10-16/h8-10H,4-7,11H2,1-3H3,(H,21,26). The molecule has 2 aromatic rings. The third kappa shape index (κ3) is 4.49. The molecule has 0 saturated carbocycles. The summed E-state index contributed by atoms with van der Waals surface area (Å²) in [5.41, 5.74) is 4.49. The maximum Gasteiger partial charge on any atom is 0.173 e. The van der Waals surface area contributed by atoms with Crippen molar-refractivity contribution < 1.29 is 0 Å². The number of benzene rings is 1. The van der Waals surface area contributed by atoms with E-state index in [1.807, 2.05) is 23.9 Å². The summed E-state index contributed by atoms with van der Waals surface area (Å²) in [6.07, 6.45) is 0. The largest absolute Gasteiger partial charge is 0.346 e. The lowest BCUT2D eigenvalue weighted by molar-refractivity contribution is 0.176. The third-order valence-electron chi connectivity index (χ3n) is 4.81. The van der Waals surface area contributed by atoms with Crippen molar-refractivity contribution in [2.24, 2.45) is 7.05 Å². The predicted molar refractivity (Wildman–Crippen MR) is 112 cm³/mol. The third-order valence-corrected chi connectivity index (χ3v) is 5.61. The molecule has 1 aliphatic rings. The van der Waals surface area contributed by atoms with Crippen molar-refractivity contribution in [3.63, 3.8) is 0 Å². The van der Waals surface area contributed by atoms with E-state index in [9.17, 15) is 0 Å². The number of aromatic nitrogens is 2. The van der Waals surface area contributed by atoms with Crippen molar-refractivity contribution in [2.75, 3.05) is 31.5 Å². The van der Waals surface area contributed by atoms with Crippen molar-refractivity contribution in [2.45, 2.75) is 20.4 Å². The number of nitrogens with one attached hydrogen (secondary N) is 1. The van der Waals surface area contributed by atoms with Gasteiger partial charge in [0.15, 0.2) is 5.11 Å². The first-order valence-corrected chi connectivity index (χ1v) is 9.73. The molecule has 0 amide bonds. The highest BCUT2D eigenvalue weighted by atomic mass is 35.5. The van der Waals surface area contributed by atoms with Gasteiger partial charge in [-0.2, -0.15) is 5.10 Å². The Labute approximate surface area is 169 Å². The number of hydrogen-bond acceptors (Lipinski definition) is 3. The first kappa shape index (κ1) is 19.4. The smallest absolute Gasteiger partial charge is 0.173 e. The molecule has 1 aromatic carbocycles. The fourth-order valence-electron chi connectivity index (χ4n) is 3.21. The predicted octanol–water partition coefficient (Wildman–Crippen LogP) is 3.86. The lowest BCUT2D eigenvalue weighted by Gasteiger charge is -2.36. The maximum absolute atomic E-state index is 6.05. The van der Waals surface area contributed by atoms with Crippen LogP contribution in [0.2, 0.25) is 10.0 Å². The molecular formula is C18H23Cl2N5S. The first-order chi connectivity index (χ1) is 12.3. The Morgan fingerprint density at radius 2 is 1.73 bits per heavy atom. The number of nitrogens with zero attached hydrogens (tertiary/aromatic N) is 4. The van der Waals surface area contributed by atoms with Crippen LogP contribution in [-0.2, 0) is 13.6 Å². The molecule has 0 atom stereocenters. The van der Waals surface area contributed by atoms with E-state index < -0.39 is 0 Å². The molecule has 1 fully saturated rings. The van der Waals surface area contributed by atoms with Gasteiger partial charge in [-0.05, 0) is 44.3 Å². The molecule has 1 N–H and O–H groups in total. The quantitative estimate of drug-likeness (QED) is 0.775. The Hall–Kier alpha value is -1.34. The Bertz CT molecular complexity index is 792. The van der Waals surface area contributed by atoms with Gasteiger partial charge in [0.25, 0.3) is 0 Å². The van der Waals surface area contributed by atoms with Crippen molar-refractivity contribution in [1.82, 2.24) is 19.6 Å². The van der Waals surface area contributed by atoms with E-state index in [1.54, 1.807) is 6.07 Å². The average molecular weight is 412 g/mol. The van der Waals surface area contributed by atoms with Gasteiger partial charge in [-0.3, -0.25) is 9.58 Å². The number of rotatable bonds is 3. The summed E-state index contributed by atoms with van der Waals surface area (Å²) >= 11 is 17.6. The summed E-state index contributed by atoms with van der Waals surface area (Å²) in [6, 6.07) is 5.35. The van der Waals surface area contributed by atoms with Crippen LogP contribution in [0.3, 0.4) is 0 Å². The molecule has 0 aliphatic carbocycles. The second-order valence-electron chi connectivity index (χ2n) is 6.62. The van der Waals surface area contributed by atoms with E-state index in [0.29, 0.717) is 15.2 Å². The normalized spacial score (nSPS) is 15.3. The van der Waals surface area contributed by atoms with Crippen molar-refractivity contribution in [3.8, 4) is 0 Å². The molecule has 0 radical (unpaired) electrons. The summed E-state index contributed by atoms with van der Waals surface area (Å²) in [6.45, 7) is 8.84. The van der Waals surface area contributed by atoms with E-state index in [1.165, 1.54) is 11.3 Å². The summed E-state index contributed by atoms with van der Waals surface area (Å²) in [5, 5.41) is 9.63. The molecule has 0 spiro atoms. The number of thiocarbonyl (C=S) groups is 1. The van der Waals surface area contributed by atoms with E-state index >= 15 is 0 Å². The number of aryl methyl sites for hydroxylation is 2. The molecule has 8 heteroatoms. The lowest BCUT2D eigenvalue weighted by Crippen LogP contribution is -2.49. The van der Waals surface area contributed by atoms with Gasteiger partial charge >= 0.3 is 0 Å². The van der Waals surface area contributed by atoms with Gasteiger partial charge in [0.2, 0.25) is 0 Å². The van der Waals surface area contributed by atoms with Crippen LogP contribution in [0.4, 0.5) is 5.69 Å². The molecule has 140 valence electrons. The van der Waals surface area contributed by atoms with Crippen LogP contribution >= 0.6 is 35.4 Å². The summed E-state index contributed by atoms with van der Waals surface area (Å²) in [4.78, 5) is 4.63. The Kier molecular flexibility index (Phi) is 6.07. The van der Waals surface area contributed by atoms with Crippen molar-refractivity contribution in [3.05, 3.63) is 45.2 Å². The van der Waals surface area contributed by atoms with Crippen molar-refractivity contribution in [1.29, 1.82) is 0 Å². The molecule has 26 heavy (non-hydrogen) atoms. The first-order valence-electron chi connectivity index (χ1n) is 8.57. The van der Waals surface area contributed by atoms with Gasteiger partial charge in [-0.25, -0.2) is 0 Å². The van der Waals surface area contributed by atoms with Crippen LogP contribution in [0.1, 0.15) is 17.0 Å². The lowest BCUT2D eigenvalue weighted by atomic mass is 10.1. The molecule has 3 rings (SSSR count). The highest BCUT2D eigenvalue weighted by Crippen LogP contribution is 2.23. The molecule has 2 heterocycles. The Morgan fingerprint density at radius 3 is 2.27 bits per heavy atom. The van der Waals surface area contributed by atoms with Crippen LogP contribution in [0.5, 0.6) is 0 Å². The highest BCUT2D eigenvalue weighted by Gasteiger charge is 2.21. The summed E-state index contributed by atoms with van der Waals surface area (Å²) < 4.78 is 1.95. The van der Waals surface area contributed by atoms with Crippen LogP contribution < -0.4 is 5.32 Å². The molecule has 1 aliphatic heterocycles. The second kappa shape index (κ2) is 8.13. The molecule has 1 saturated heterocycles. The van der Waals surface area contributed by atoms with Crippen LogP contribution in [0, 0.1) is 13.8 Å². The zero-order chi connectivity index (χ0) is 18.8. The minimum atomic E-state index is 0.592. The fraction of sp³-hybridized carbons (Fsp3) is 0.444. The van der Waals surface area contributed by atoms with Gasteiger partial charge in [0.1, 0.15) is 0 Å². The van der Waals surface area contributed by atoms with Crippen LogP contribution in [0.25, 0.3) is 0 Å². The summed E-state index contributed by atoms with van der Waals surface area (Å²) in [5.74, 6) is 0. The topological polar surface area (TPSA) is 36.3 Å². The molecule has 1 aromatic heterocycles. The molecule has 5 nitrogen and oxygen atoms in total. The number of hydrogen-bond donors (Lipinski definition) is 1. The Morgan fingerprint density at radius 1 is 1.12 bits per heavy atom. The van der Waals surface area contributed by atoms with Gasteiger partial charge in [-0.15, -0.1) is 0 Å².